The number of hydrogen-bond acceptors (Lipinski definition) is 2. The maximum absolute atomic E-state index is 10.9. The van der Waals surface area contributed by atoms with Crippen molar-refractivity contribution in [1.29, 1.82) is 0 Å². The molecule has 0 spiro atoms. The average Bonchev–Trinajstić information content (AvgIpc) is 2.63. The first-order chi connectivity index (χ1) is 12.0. The van der Waals surface area contributed by atoms with Gasteiger partial charge in [0.1, 0.15) is 5.75 Å². The van der Waals surface area contributed by atoms with E-state index < -0.39 is 0 Å². The Bertz CT molecular complexity index is 881. The highest BCUT2D eigenvalue weighted by Crippen LogP contribution is 2.38. The fraction of sp³-hybridized carbons (Fsp3) is 0.174. The normalized spacial score (nSPS) is 11.8. The van der Waals surface area contributed by atoms with E-state index in [2.05, 4.69) is 37.0 Å². The summed E-state index contributed by atoms with van der Waals surface area (Å²) < 4.78 is 0. The lowest BCUT2D eigenvalue weighted by molar-refractivity contribution is 0.452. The summed E-state index contributed by atoms with van der Waals surface area (Å²) in [6.45, 7) is 6.31. The number of aromatic hydroxyl groups is 1. The Hall–Kier alpha value is -2.87. The molecule has 0 amide bonds. The van der Waals surface area contributed by atoms with Gasteiger partial charge in [-0.3, -0.25) is 4.99 Å². The van der Waals surface area contributed by atoms with Crippen LogP contribution in [0.4, 0.5) is 5.69 Å². The third-order valence-electron chi connectivity index (χ3n) is 4.56. The summed E-state index contributed by atoms with van der Waals surface area (Å²) >= 11 is 0. The van der Waals surface area contributed by atoms with Crippen molar-refractivity contribution < 1.29 is 5.11 Å². The Kier molecular flexibility index (Phi) is 4.71. The molecule has 0 bridgehead atoms. The fourth-order valence-corrected chi connectivity index (χ4v) is 3.05. The van der Waals surface area contributed by atoms with E-state index in [-0.39, 0.29) is 5.41 Å². The Morgan fingerprint density at radius 3 is 2.12 bits per heavy atom. The minimum absolute atomic E-state index is 0.291. The number of aryl methyl sites for hydroxylation is 1. The standard InChI is InChI=1S/C23H23NO/c1-17-14-18(16-24-20-12-8-5-9-13-20)22(25)21(15-17)23(2,3)19-10-6-4-7-11-19/h4-16,25H,1-3H3. The third-order valence-corrected chi connectivity index (χ3v) is 4.56. The van der Waals surface area contributed by atoms with Crippen LogP contribution in [0.5, 0.6) is 5.75 Å². The molecular weight excluding hydrogens is 306 g/mol. The van der Waals surface area contributed by atoms with Crippen LogP contribution in [-0.2, 0) is 5.41 Å². The first-order valence-electron chi connectivity index (χ1n) is 8.47. The Morgan fingerprint density at radius 1 is 0.880 bits per heavy atom. The van der Waals surface area contributed by atoms with Gasteiger partial charge in [0.05, 0.1) is 5.69 Å². The number of aliphatic imine (C=N–C) groups is 1. The van der Waals surface area contributed by atoms with Crippen LogP contribution in [0.15, 0.2) is 77.8 Å². The summed E-state index contributed by atoms with van der Waals surface area (Å²) in [6.07, 6.45) is 1.74. The van der Waals surface area contributed by atoms with Crippen molar-refractivity contribution in [2.24, 2.45) is 4.99 Å². The lowest BCUT2D eigenvalue weighted by Gasteiger charge is -2.28. The van der Waals surface area contributed by atoms with Crippen molar-refractivity contribution in [2.45, 2.75) is 26.2 Å². The van der Waals surface area contributed by atoms with E-state index in [9.17, 15) is 5.11 Å². The maximum atomic E-state index is 10.9. The number of rotatable bonds is 4. The van der Waals surface area contributed by atoms with Gasteiger partial charge in [0.15, 0.2) is 0 Å². The molecule has 3 rings (SSSR count). The summed E-state index contributed by atoms with van der Waals surface area (Å²) in [5, 5.41) is 10.9. The van der Waals surface area contributed by atoms with E-state index in [0.717, 1.165) is 22.4 Å². The van der Waals surface area contributed by atoms with Gasteiger partial charge < -0.3 is 5.11 Å². The molecule has 0 heterocycles. The van der Waals surface area contributed by atoms with E-state index in [1.165, 1.54) is 5.56 Å². The molecule has 1 N–H and O–H groups in total. The van der Waals surface area contributed by atoms with Crippen LogP contribution in [0.25, 0.3) is 0 Å². The molecule has 0 saturated carbocycles. The van der Waals surface area contributed by atoms with Crippen molar-refractivity contribution in [3.63, 3.8) is 0 Å². The second-order valence-corrected chi connectivity index (χ2v) is 6.84. The van der Waals surface area contributed by atoms with Crippen LogP contribution >= 0.6 is 0 Å². The van der Waals surface area contributed by atoms with Crippen LogP contribution in [0.2, 0.25) is 0 Å². The second kappa shape index (κ2) is 6.94. The Balaban J connectivity index is 2.05. The molecule has 0 aliphatic rings. The van der Waals surface area contributed by atoms with Crippen LogP contribution in [-0.4, -0.2) is 11.3 Å². The summed E-state index contributed by atoms with van der Waals surface area (Å²) in [5.74, 6) is 0.291. The van der Waals surface area contributed by atoms with Crippen molar-refractivity contribution in [3.8, 4) is 5.75 Å². The van der Waals surface area contributed by atoms with Gasteiger partial charge in [0.25, 0.3) is 0 Å². The van der Waals surface area contributed by atoms with Gasteiger partial charge in [-0.05, 0) is 36.2 Å². The lowest BCUT2D eigenvalue weighted by atomic mass is 9.76. The van der Waals surface area contributed by atoms with E-state index in [1.54, 1.807) is 6.21 Å². The number of phenolic OH excluding ortho intramolecular Hbond substituents is 1. The quantitative estimate of drug-likeness (QED) is 0.605. The predicted molar refractivity (Wildman–Crippen MR) is 105 cm³/mol. The van der Waals surface area contributed by atoms with E-state index in [4.69, 9.17) is 0 Å². The summed E-state index contributed by atoms with van der Waals surface area (Å²) in [7, 11) is 0. The van der Waals surface area contributed by atoms with Crippen molar-refractivity contribution >= 4 is 11.9 Å². The number of hydrogen-bond donors (Lipinski definition) is 1. The minimum Gasteiger partial charge on any atom is -0.507 e. The number of nitrogens with zero attached hydrogens (tertiary/aromatic N) is 1. The molecule has 2 heteroatoms. The number of phenols is 1. The SMILES string of the molecule is Cc1cc(C=Nc2ccccc2)c(O)c(C(C)(C)c2ccccc2)c1. The Morgan fingerprint density at radius 2 is 1.48 bits per heavy atom. The van der Waals surface area contributed by atoms with Gasteiger partial charge in [0, 0.05) is 22.8 Å². The average molecular weight is 329 g/mol. The molecule has 25 heavy (non-hydrogen) atoms. The zero-order chi connectivity index (χ0) is 17.9. The summed E-state index contributed by atoms with van der Waals surface area (Å²) in [5.41, 5.74) is 4.49. The summed E-state index contributed by atoms with van der Waals surface area (Å²) in [4.78, 5) is 4.49. The Labute approximate surface area is 149 Å². The number of para-hydroxylation sites is 1. The zero-order valence-electron chi connectivity index (χ0n) is 14.9. The molecular formula is C23H23NO. The largest absolute Gasteiger partial charge is 0.507 e. The third kappa shape index (κ3) is 3.63. The molecule has 126 valence electrons. The fourth-order valence-electron chi connectivity index (χ4n) is 3.05. The van der Waals surface area contributed by atoms with Gasteiger partial charge in [-0.2, -0.15) is 0 Å². The van der Waals surface area contributed by atoms with Crippen molar-refractivity contribution in [3.05, 3.63) is 95.1 Å². The molecule has 3 aromatic rings. The van der Waals surface area contributed by atoms with E-state index in [1.807, 2.05) is 61.5 Å². The molecule has 0 aromatic heterocycles. The molecule has 3 aromatic carbocycles. The van der Waals surface area contributed by atoms with Gasteiger partial charge in [-0.1, -0.05) is 68.4 Å². The zero-order valence-corrected chi connectivity index (χ0v) is 14.9. The van der Waals surface area contributed by atoms with Gasteiger partial charge in [-0.25, -0.2) is 0 Å². The molecule has 0 aliphatic carbocycles. The first-order valence-corrected chi connectivity index (χ1v) is 8.47. The lowest BCUT2D eigenvalue weighted by Crippen LogP contribution is -2.19. The predicted octanol–water partition coefficient (Wildman–Crippen LogP) is 5.78. The smallest absolute Gasteiger partial charge is 0.128 e. The molecule has 0 aliphatic heterocycles. The molecule has 0 unspecified atom stereocenters. The van der Waals surface area contributed by atoms with Crippen molar-refractivity contribution in [2.75, 3.05) is 0 Å². The molecule has 0 saturated heterocycles. The van der Waals surface area contributed by atoms with E-state index in [0.29, 0.717) is 5.75 Å². The van der Waals surface area contributed by atoms with Crippen LogP contribution in [0, 0.1) is 6.92 Å². The number of benzene rings is 3. The van der Waals surface area contributed by atoms with Gasteiger partial charge in [-0.15, -0.1) is 0 Å². The highest BCUT2D eigenvalue weighted by Gasteiger charge is 2.27. The highest BCUT2D eigenvalue weighted by molar-refractivity contribution is 5.86. The van der Waals surface area contributed by atoms with Crippen LogP contribution < -0.4 is 0 Å². The molecule has 0 radical (unpaired) electrons. The van der Waals surface area contributed by atoms with Crippen molar-refractivity contribution in [1.82, 2.24) is 0 Å². The molecule has 2 nitrogen and oxygen atoms in total. The maximum Gasteiger partial charge on any atom is 0.128 e. The topological polar surface area (TPSA) is 32.6 Å². The monoisotopic (exact) mass is 329 g/mol. The molecule has 0 atom stereocenters. The summed E-state index contributed by atoms with van der Waals surface area (Å²) in [6, 6.07) is 24.0. The van der Waals surface area contributed by atoms with Gasteiger partial charge >= 0.3 is 0 Å². The van der Waals surface area contributed by atoms with E-state index >= 15 is 0 Å². The highest BCUT2D eigenvalue weighted by atomic mass is 16.3. The second-order valence-electron chi connectivity index (χ2n) is 6.84. The van der Waals surface area contributed by atoms with Crippen LogP contribution in [0.1, 0.15) is 36.1 Å². The van der Waals surface area contributed by atoms with Gasteiger partial charge in [0.2, 0.25) is 0 Å². The first kappa shape index (κ1) is 17.0. The van der Waals surface area contributed by atoms with Crippen LogP contribution in [0.3, 0.4) is 0 Å². The minimum atomic E-state index is -0.299. The molecule has 0 fully saturated rings.